The molecule has 106 valence electrons. The van der Waals surface area contributed by atoms with Gasteiger partial charge in [0.2, 0.25) is 0 Å². The van der Waals surface area contributed by atoms with E-state index in [1.54, 1.807) is 0 Å². The fourth-order valence-electron chi connectivity index (χ4n) is 2.40. The quantitative estimate of drug-likeness (QED) is 0.839. The lowest BCUT2D eigenvalue weighted by Gasteiger charge is -2.27. The first-order chi connectivity index (χ1) is 9.63. The fraction of sp³-hybridized carbons (Fsp3) is 0.333. The van der Waals surface area contributed by atoms with Crippen LogP contribution in [0.5, 0.6) is 0 Å². The van der Waals surface area contributed by atoms with Crippen molar-refractivity contribution < 1.29 is 5.11 Å². The third-order valence-electron chi connectivity index (χ3n) is 3.70. The van der Waals surface area contributed by atoms with Crippen LogP contribution in [-0.4, -0.2) is 11.7 Å². The van der Waals surface area contributed by atoms with E-state index in [-0.39, 0.29) is 6.04 Å². The SMILES string of the molecule is CCC(NCC(C)(O)c1ccccc1)c1ccccc1. The fourth-order valence-corrected chi connectivity index (χ4v) is 2.40. The van der Waals surface area contributed by atoms with Gasteiger partial charge in [-0.1, -0.05) is 67.6 Å². The van der Waals surface area contributed by atoms with Crippen LogP contribution in [0.25, 0.3) is 0 Å². The summed E-state index contributed by atoms with van der Waals surface area (Å²) in [6, 6.07) is 20.4. The maximum absolute atomic E-state index is 10.6. The van der Waals surface area contributed by atoms with Gasteiger partial charge in [0.1, 0.15) is 0 Å². The lowest BCUT2D eigenvalue weighted by atomic mass is 9.95. The van der Waals surface area contributed by atoms with Crippen molar-refractivity contribution in [1.82, 2.24) is 5.32 Å². The molecule has 0 aliphatic heterocycles. The lowest BCUT2D eigenvalue weighted by molar-refractivity contribution is 0.0536. The first-order valence-corrected chi connectivity index (χ1v) is 7.19. The maximum Gasteiger partial charge on any atom is 0.0992 e. The highest BCUT2D eigenvalue weighted by Gasteiger charge is 2.23. The van der Waals surface area contributed by atoms with Gasteiger partial charge in [-0.25, -0.2) is 0 Å². The Bertz CT molecular complexity index is 507. The Morgan fingerprint density at radius 3 is 2.10 bits per heavy atom. The Hall–Kier alpha value is -1.64. The number of hydrogen-bond donors (Lipinski definition) is 2. The van der Waals surface area contributed by atoms with Crippen LogP contribution in [0.1, 0.15) is 37.4 Å². The van der Waals surface area contributed by atoms with Crippen LogP contribution in [0.15, 0.2) is 60.7 Å². The summed E-state index contributed by atoms with van der Waals surface area (Å²) >= 11 is 0. The van der Waals surface area contributed by atoms with Gasteiger partial charge in [-0.3, -0.25) is 0 Å². The molecule has 2 unspecified atom stereocenters. The Morgan fingerprint density at radius 1 is 1.00 bits per heavy atom. The molecule has 0 fully saturated rings. The Balaban J connectivity index is 2.03. The van der Waals surface area contributed by atoms with Crippen molar-refractivity contribution in [3.63, 3.8) is 0 Å². The van der Waals surface area contributed by atoms with E-state index in [0.29, 0.717) is 6.54 Å². The summed E-state index contributed by atoms with van der Waals surface area (Å²) in [5.74, 6) is 0. The monoisotopic (exact) mass is 269 g/mol. The molecular weight excluding hydrogens is 246 g/mol. The molecular formula is C18H23NO. The van der Waals surface area contributed by atoms with Crippen LogP contribution in [0.4, 0.5) is 0 Å². The largest absolute Gasteiger partial charge is 0.384 e. The predicted octanol–water partition coefficient (Wildman–Crippen LogP) is 3.64. The van der Waals surface area contributed by atoms with Gasteiger partial charge < -0.3 is 10.4 Å². The standard InChI is InChI=1S/C18H23NO/c1-3-17(15-10-6-4-7-11-15)19-14-18(2,20)16-12-8-5-9-13-16/h4-13,17,19-20H,3,14H2,1-2H3. The molecule has 0 radical (unpaired) electrons. The summed E-state index contributed by atoms with van der Waals surface area (Å²) in [6.45, 7) is 4.54. The van der Waals surface area contributed by atoms with Crippen LogP contribution in [0, 0.1) is 0 Å². The molecule has 0 aliphatic carbocycles. The van der Waals surface area contributed by atoms with Gasteiger partial charge in [-0.05, 0) is 24.5 Å². The minimum atomic E-state index is -0.858. The van der Waals surface area contributed by atoms with E-state index >= 15 is 0 Å². The summed E-state index contributed by atoms with van der Waals surface area (Å²) < 4.78 is 0. The highest BCUT2D eigenvalue weighted by molar-refractivity contribution is 5.23. The number of hydrogen-bond acceptors (Lipinski definition) is 2. The Labute approximate surface area is 121 Å². The molecule has 20 heavy (non-hydrogen) atoms. The van der Waals surface area contributed by atoms with E-state index in [4.69, 9.17) is 0 Å². The van der Waals surface area contributed by atoms with Gasteiger partial charge in [0.05, 0.1) is 5.60 Å². The zero-order chi connectivity index (χ0) is 14.4. The molecule has 2 aromatic rings. The highest BCUT2D eigenvalue weighted by atomic mass is 16.3. The van der Waals surface area contributed by atoms with Crippen molar-refractivity contribution in [2.75, 3.05) is 6.54 Å². The van der Waals surface area contributed by atoms with Crippen molar-refractivity contribution in [2.24, 2.45) is 0 Å². The van der Waals surface area contributed by atoms with E-state index in [0.717, 1.165) is 12.0 Å². The third kappa shape index (κ3) is 3.69. The summed E-state index contributed by atoms with van der Waals surface area (Å²) in [7, 11) is 0. The number of aliphatic hydroxyl groups is 1. The van der Waals surface area contributed by atoms with E-state index in [2.05, 4.69) is 36.5 Å². The molecule has 2 atom stereocenters. The van der Waals surface area contributed by atoms with Crippen molar-refractivity contribution in [3.05, 3.63) is 71.8 Å². The summed E-state index contributed by atoms with van der Waals surface area (Å²) in [5, 5.41) is 14.1. The van der Waals surface area contributed by atoms with E-state index < -0.39 is 5.60 Å². The molecule has 0 aliphatic rings. The topological polar surface area (TPSA) is 32.3 Å². The predicted molar refractivity (Wildman–Crippen MR) is 83.5 cm³/mol. The summed E-state index contributed by atoms with van der Waals surface area (Å²) in [5.41, 5.74) is 1.35. The van der Waals surface area contributed by atoms with Crippen molar-refractivity contribution in [2.45, 2.75) is 31.9 Å². The number of nitrogens with one attached hydrogen (secondary N) is 1. The zero-order valence-electron chi connectivity index (χ0n) is 12.2. The lowest BCUT2D eigenvalue weighted by Crippen LogP contribution is -2.37. The molecule has 2 N–H and O–H groups in total. The second-order valence-electron chi connectivity index (χ2n) is 5.39. The van der Waals surface area contributed by atoms with Gasteiger partial charge in [-0.15, -0.1) is 0 Å². The van der Waals surface area contributed by atoms with Crippen LogP contribution in [0.2, 0.25) is 0 Å². The van der Waals surface area contributed by atoms with Crippen LogP contribution >= 0.6 is 0 Å². The average Bonchev–Trinajstić information content (AvgIpc) is 2.50. The number of benzene rings is 2. The summed E-state index contributed by atoms with van der Waals surface area (Å²) in [6.07, 6.45) is 0.995. The first-order valence-electron chi connectivity index (χ1n) is 7.19. The van der Waals surface area contributed by atoms with Gasteiger partial charge in [0, 0.05) is 12.6 Å². The second kappa shape index (κ2) is 6.69. The van der Waals surface area contributed by atoms with Crippen molar-refractivity contribution in [3.8, 4) is 0 Å². The maximum atomic E-state index is 10.6. The molecule has 0 amide bonds. The zero-order valence-corrected chi connectivity index (χ0v) is 12.2. The normalized spacial score (nSPS) is 15.6. The van der Waals surface area contributed by atoms with Crippen molar-refractivity contribution in [1.29, 1.82) is 0 Å². The molecule has 2 heteroatoms. The van der Waals surface area contributed by atoms with Crippen LogP contribution < -0.4 is 5.32 Å². The molecule has 0 aromatic heterocycles. The van der Waals surface area contributed by atoms with Crippen LogP contribution in [-0.2, 0) is 5.60 Å². The smallest absolute Gasteiger partial charge is 0.0992 e. The molecule has 2 nitrogen and oxygen atoms in total. The molecule has 0 spiro atoms. The average molecular weight is 269 g/mol. The van der Waals surface area contributed by atoms with Gasteiger partial charge in [-0.2, -0.15) is 0 Å². The molecule has 2 aromatic carbocycles. The third-order valence-corrected chi connectivity index (χ3v) is 3.70. The molecule has 0 bridgehead atoms. The molecule has 0 saturated heterocycles. The van der Waals surface area contributed by atoms with E-state index in [1.807, 2.05) is 43.3 Å². The molecule has 0 saturated carbocycles. The summed E-state index contributed by atoms with van der Waals surface area (Å²) in [4.78, 5) is 0. The number of rotatable bonds is 6. The highest BCUT2D eigenvalue weighted by Crippen LogP contribution is 2.22. The second-order valence-corrected chi connectivity index (χ2v) is 5.39. The Morgan fingerprint density at radius 2 is 1.55 bits per heavy atom. The molecule has 2 rings (SSSR count). The van der Waals surface area contributed by atoms with Crippen LogP contribution in [0.3, 0.4) is 0 Å². The minimum absolute atomic E-state index is 0.270. The Kier molecular flexibility index (Phi) is 4.94. The minimum Gasteiger partial charge on any atom is -0.384 e. The van der Waals surface area contributed by atoms with Gasteiger partial charge >= 0.3 is 0 Å². The van der Waals surface area contributed by atoms with Gasteiger partial charge in [0.15, 0.2) is 0 Å². The molecule has 0 heterocycles. The van der Waals surface area contributed by atoms with Crippen molar-refractivity contribution >= 4 is 0 Å². The van der Waals surface area contributed by atoms with E-state index in [9.17, 15) is 5.11 Å². The van der Waals surface area contributed by atoms with E-state index in [1.165, 1.54) is 5.56 Å². The van der Waals surface area contributed by atoms with Gasteiger partial charge in [0.25, 0.3) is 0 Å². The first kappa shape index (κ1) is 14.8.